The SMILES string of the molecule is CC1CCC(C(=O)Oc2ccc(C3CCC(C)CC3)cc2)CC1. The Morgan fingerprint density at radius 1 is 0.826 bits per heavy atom. The predicted octanol–water partition coefficient (Wildman–Crippen LogP) is 5.71. The van der Waals surface area contributed by atoms with E-state index < -0.39 is 0 Å². The van der Waals surface area contributed by atoms with E-state index in [4.69, 9.17) is 4.74 Å². The zero-order valence-electron chi connectivity index (χ0n) is 14.6. The molecule has 0 bridgehead atoms. The first-order chi connectivity index (χ1) is 11.1. The van der Waals surface area contributed by atoms with E-state index in [9.17, 15) is 4.79 Å². The van der Waals surface area contributed by atoms with E-state index in [0.717, 1.165) is 37.5 Å². The molecule has 2 nitrogen and oxygen atoms in total. The maximum absolute atomic E-state index is 12.3. The van der Waals surface area contributed by atoms with Crippen molar-refractivity contribution >= 4 is 5.97 Å². The fourth-order valence-corrected chi connectivity index (χ4v) is 4.10. The number of hydrogen-bond acceptors (Lipinski definition) is 2. The number of rotatable bonds is 3. The van der Waals surface area contributed by atoms with Crippen LogP contribution in [0.15, 0.2) is 24.3 Å². The van der Waals surface area contributed by atoms with Gasteiger partial charge in [-0.2, -0.15) is 0 Å². The first-order valence-corrected chi connectivity index (χ1v) is 9.43. The van der Waals surface area contributed by atoms with Crippen molar-refractivity contribution in [1.29, 1.82) is 0 Å². The van der Waals surface area contributed by atoms with Crippen LogP contribution in [0.2, 0.25) is 0 Å². The van der Waals surface area contributed by atoms with Crippen molar-refractivity contribution in [2.45, 2.75) is 71.1 Å². The lowest BCUT2D eigenvalue weighted by Crippen LogP contribution is -2.24. The smallest absolute Gasteiger partial charge is 0.314 e. The highest BCUT2D eigenvalue weighted by molar-refractivity contribution is 5.75. The Bertz CT molecular complexity index is 503. The Hall–Kier alpha value is -1.31. The predicted molar refractivity (Wildman–Crippen MR) is 93.6 cm³/mol. The monoisotopic (exact) mass is 314 g/mol. The number of carbonyl (C=O) groups excluding carboxylic acids is 1. The molecule has 2 fully saturated rings. The normalized spacial score (nSPS) is 31.6. The van der Waals surface area contributed by atoms with Gasteiger partial charge in [-0.25, -0.2) is 0 Å². The second kappa shape index (κ2) is 7.51. The van der Waals surface area contributed by atoms with Crippen LogP contribution >= 0.6 is 0 Å². The summed E-state index contributed by atoms with van der Waals surface area (Å²) in [7, 11) is 0. The first kappa shape index (κ1) is 16.5. The summed E-state index contributed by atoms with van der Waals surface area (Å²) in [6.07, 6.45) is 9.53. The van der Waals surface area contributed by atoms with Crippen LogP contribution in [-0.2, 0) is 4.79 Å². The molecule has 3 rings (SSSR count). The molecule has 0 N–H and O–H groups in total. The van der Waals surface area contributed by atoms with Crippen LogP contribution in [-0.4, -0.2) is 5.97 Å². The van der Waals surface area contributed by atoms with Crippen LogP contribution in [0.5, 0.6) is 5.75 Å². The summed E-state index contributed by atoms with van der Waals surface area (Å²) < 4.78 is 5.61. The lowest BCUT2D eigenvalue weighted by Gasteiger charge is -2.26. The molecule has 0 aliphatic heterocycles. The zero-order chi connectivity index (χ0) is 16.2. The maximum Gasteiger partial charge on any atom is 0.314 e. The largest absolute Gasteiger partial charge is 0.426 e. The van der Waals surface area contributed by atoms with Crippen LogP contribution in [0.4, 0.5) is 0 Å². The van der Waals surface area contributed by atoms with E-state index in [2.05, 4.69) is 26.0 Å². The third-order valence-corrected chi connectivity index (χ3v) is 5.93. The van der Waals surface area contributed by atoms with Gasteiger partial charge >= 0.3 is 5.97 Å². The van der Waals surface area contributed by atoms with Gasteiger partial charge in [-0.3, -0.25) is 4.79 Å². The Kier molecular flexibility index (Phi) is 5.40. The molecule has 0 unspecified atom stereocenters. The molecular weight excluding hydrogens is 284 g/mol. The Balaban J connectivity index is 1.54. The van der Waals surface area contributed by atoms with Gasteiger partial charge in [0, 0.05) is 0 Å². The van der Waals surface area contributed by atoms with Crippen molar-refractivity contribution < 1.29 is 9.53 Å². The van der Waals surface area contributed by atoms with Gasteiger partial charge in [0.15, 0.2) is 0 Å². The molecule has 23 heavy (non-hydrogen) atoms. The fraction of sp³-hybridized carbons (Fsp3) is 0.667. The molecule has 2 heteroatoms. The number of esters is 1. The molecule has 2 saturated carbocycles. The summed E-state index contributed by atoms with van der Waals surface area (Å²) in [5.41, 5.74) is 1.41. The second-order valence-corrected chi connectivity index (χ2v) is 7.90. The molecule has 0 radical (unpaired) electrons. The van der Waals surface area contributed by atoms with Crippen LogP contribution in [0, 0.1) is 17.8 Å². The summed E-state index contributed by atoms with van der Waals surface area (Å²) in [5, 5.41) is 0. The molecule has 0 amide bonds. The minimum atomic E-state index is -0.0314. The molecule has 0 atom stereocenters. The summed E-state index contributed by atoms with van der Waals surface area (Å²) in [6, 6.07) is 8.28. The quantitative estimate of drug-likeness (QED) is 0.527. The lowest BCUT2D eigenvalue weighted by atomic mass is 9.79. The standard InChI is InChI=1S/C21H30O2/c1-15-3-7-17(8-4-15)18-11-13-20(14-12-18)23-21(22)19-9-5-16(2)6-10-19/h11-17,19H,3-10H2,1-2H3. The van der Waals surface area contributed by atoms with Crippen LogP contribution in [0.1, 0.15) is 76.7 Å². The van der Waals surface area contributed by atoms with Crippen LogP contribution in [0.25, 0.3) is 0 Å². The Morgan fingerprint density at radius 2 is 1.35 bits per heavy atom. The number of benzene rings is 1. The van der Waals surface area contributed by atoms with Gasteiger partial charge < -0.3 is 4.74 Å². The molecular formula is C21H30O2. The van der Waals surface area contributed by atoms with Crippen molar-refractivity contribution in [3.8, 4) is 5.75 Å². The van der Waals surface area contributed by atoms with E-state index in [1.54, 1.807) is 0 Å². The highest BCUT2D eigenvalue weighted by Crippen LogP contribution is 2.36. The van der Waals surface area contributed by atoms with Crippen LogP contribution < -0.4 is 4.74 Å². The molecule has 0 heterocycles. The molecule has 2 aliphatic carbocycles. The number of hydrogen-bond donors (Lipinski definition) is 0. The highest BCUT2D eigenvalue weighted by atomic mass is 16.5. The first-order valence-electron chi connectivity index (χ1n) is 9.43. The van der Waals surface area contributed by atoms with Crippen molar-refractivity contribution in [2.75, 3.05) is 0 Å². The van der Waals surface area contributed by atoms with E-state index in [0.29, 0.717) is 11.7 Å². The molecule has 1 aromatic rings. The summed E-state index contributed by atoms with van der Waals surface area (Å²) in [5.74, 6) is 3.11. The average Bonchev–Trinajstić information content (AvgIpc) is 2.57. The van der Waals surface area contributed by atoms with Gasteiger partial charge in [0.05, 0.1) is 5.92 Å². The van der Waals surface area contributed by atoms with Gasteiger partial charge in [-0.05, 0) is 74.0 Å². The molecule has 2 aliphatic rings. The van der Waals surface area contributed by atoms with Gasteiger partial charge in [-0.15, -0.1) is 0 Å². The van der Waals surface area contributed by atoms with Crippen LogP contribution in [0.3, 0.4) is 0 Å². The van der Waals surface area contributed by atoms with E-state index >= 15 is 0 Å². The van der Waals surface area contributed by atoms with Crippen molar-refractivity contribution in [3.63, 3.8) is 0 Å². The summed E-state index contributed by atoms with van der Waals surface area (Å²) in [4.78, 5) is 12.3. The van der Waals surface area contributed by atoms with Crippen molar-refractivity contribution in [3.05, 3.63) is 29.8 Å². The fourth-order valence-electron chi connectivity index (χ4n) is 4.10. The van der Waals surface area contributed by atoms with Crippen molar-refractivity contribution in [1.82, 2.24) is 0 Å². The molecule has 1 aromatic carbocycles. The second-order valence-electron chi connectivity index (χ2n) is 7.90. The number of ether oxygens (including phenoxy) is 1. The Labute approximate surface area is 140 Å². The van der Waals surface area contributed by atoms with Crippen molar-refractivity contribution in [2.24, 2.45) is 17.8 Å². The van der Waals surface area contributed by atoms with Gasteiger partial charge in [0.1, 0.15) is 5.75 Å². The maximum atomic E-state index is 12.3. The lowest BCUT2D eigenvalue weighted by molar-refractivity contribution is -0.140. The minimum absolute atomic E-state index is 0.0314. The molecule has 126 valence electrons. The third kappa shape index (κ3) is 4.37. The van der Waals surface area contributed by atoms with E-state index in [1.165, 1.54) is 31.2 Å². The van der Waals surface area contributed by atoms with Gasteiger partial charge in [0.25, 0.3) is 0 Å². The molecule has 0 saturated heterocycles. The average molecular weight is 314 g/mol. The topological polar surface area (TPSA) is 26.3 Å². The van der Waals surface area contributed by atoms with E-state index in [1.807, 2.05) is 12.1 Å². The van der Waals surface area contributed by atoms with Gasteiger partial charge in [-0.1, -0.05) is 38.8 Å². The Morgan fingerprint density at radius 3 is 1.91 bits per heavy atom. The van der Waals surface area contributed by atoms with Gasteiger partial charge in [0.2, 0.25) is 0 Å². The third-order valence-electron chi connectivity index (χ3n) is 5.93. The highest BCUT2D eigenvalue weighted by Gasteiger charge is 2.26. The summed E-state index contributed by atoms with van der Waals surface area (Å²) >= 11 is 0. The molecule has 0 spiro atoms. The summed E-state index contributed by atoms with van der Waals surface area (Å²) in [6.45, 7) is 4.62. The minimum Gasteiger partial charge on any atom is -0.426 e. The van der Waals surface area contributed by atoms with E-state index in [-0.39, 0.29) is 11.9 Å². The number of carbonyl (C=O) groups is 1. The zero-order valence-corrected chi connectivity index (χ0v) is 14.6. The molecule has 0 aromatic heterocycles.